The van der Waals surface area contributed by atoms with Gasteiger partial charge in [0, 0.05) is 5.41 Å². The van der Waals surface area contributed by atoms with Crippen LogP contribution in [0, 0.1) is 12.3 Å². The summed E-state index contributed by atoms with van der Waals surface area (Å²) >= 11 is 0. The van der Waals surface area contributed by atoms with Crippen molar-refractivity contribution in [2.75, 3.05) is 19.8 Å². The predicted octanol–water partition coefficient (Wildman–Crippen LogP) is 1.38. The first kappa shape index (κ1) is 12.2. The van der Waals surface area contributed by atoms with Crippen LogP contribution < -0.4 is 0 Å². The summed E-state index contributed by atoms with van der Waals surface area (Å²) in [6, 6.07) is 0. The van der Waals surface area contributed by atoms with Crippen molar-refractivity contribution >= 4 is 6.16 Å². The second-order valence-electron chi connectivity index (χ2n) is 3.56. The molecule has 0 aromatic rings. The lowest BCUT2D eigenvalue weighted by atomic mass is 9.97. The van der Waals surface area contributed by atoms with Gasteiger partial charge < -0.3 is 14.6 Å². The number of rotatable bonds is 5. The van der Waals surface area contributed by atoms with Gasteiger partial charge in [-0.1, -0.05) is 13.8 Å². The molecular formula is C9H17O4. The Morgan fingerprint density at radius 3 is 2.54 bits per heavy atom. The molecule has 0 saturated heterocycles. The molecule has 0 aromatic heterocycles. The van der Waals surface area contributed by atoms with Crippen molar-refractivity contribution in [3.05, 3.63) is 6.92 Å². The minimum absolute atomic E-state index is 0.0321. The van der Waals surface area contributed by atoms with Gasteiger partial charge in [-0.25, -0.2) is 4.79 Å². The molecule has 0 saturated carbocycles. The zero-order chi connectivity index (χ0) is 10.3. The molecule has 0 aliphatic rings. The van der Waals surface area contributed by atoms with E-state index in [4.69, 9.17) is 9.84 Å². The number of carbonyl (C=O) groups is 1. The van der Waals surface area contributed by atoms with Crippen molar-refractivity contribution in [2.24, 2.45) is 5.41 Å². The third-order valence-electron chi connectivity index (χ3n) is 1.37. The SMILES string of the molecule is [CH2]CCOC(=O)OCC(C)(C)CO. The van der Waals surface area contributed by atoms with Gasteiger partial charge in [-0.05, 0) is 13.3 Å². The quantitative estimate of drug-likeness (QED) is 0.664. The Kier molecular flexibility index (Phi) is 5.46. The van der Waals surface area contributed by atoms with Crippen LogP contribution >= 0.6 is 0 Å². The van der Waals surface area contributed by atoms with Crippen LogP contribution in [-0.4, -0.2) is 31.1 Å². The molecule has 0 rings (SSSR count). The largest absolute Gasteiger partial charge is 0.508 e. The molecular weight excluding hydrogens is 172 g/mol. The van der Waals surface area contributed by atoms with Crippen LogP contribution in [0.5, 0.6) is 0 Å². The lowest BCUT2D eigenvalue weighted by molar-refractivity contribution is 0.0146. The summed E-state index contributed by atoms with van der Waals surface area (Å²) < 4.78 is 9.38. The maximum Gasteiger partial charge on any atom is 0.508 e. The second kappa shape index (κ2) is 5.80. The Morgan fingerprint density at radius 1 is 1.46 bits per heavy atom. The molecule has 77 valence electrons. The molecule has 0 heterocycles. The Morgan fingerprint density at radius 2 is 2.08 bits per heavy atom. The van der Waals surface area contributed by atoms with E-state index < -0.39 is 11.6 Å². The first-order valence-corrected chi connectivity index (χ1v) is 4.21. The molecule has 0 aliphatic carbocycles. The van der Waals surface area contributed by atoms with Gasteiger partial charge in [0.15, 0.2) is 0 Å². The van der Waals surface area contributed by atoms with Crippen LogP contribution in [0.15, 0.2) is 0 Å². The fourth-order valence-electron chi connectivity index (χ4n) is 0.497. The first-order valence-electron chi connectivity index (χ1n) is 4.21. The van der Waals surface area contributed by atoms with Gasteiger partial charge in [-0.3, -0.25) is 0 Å². The summed E-state index contributed by atoms with van der Waals surface area (Å²) in [5.41, 5.74) is -0.413. The van der Waals surface area contributed by atoms with Crippen LogP contribution in [0.3, 0.4) is 0 Å². The van der Waals surface area contributed by atoms with E-state index in [1.807, 2.05) is 0 Å². The molecule has 4 heteroatoms. The minimum Gasteiger partial charge on any atom is -0.434 e. The Hall–Kier alpha value is -0.770. The van der Waals surface area contributed by atoms with E-state index >= 15 is 0 Å². The van der Waals surface area contributed by atoms with Crippen LogP contribution in [0.1, 0.15) is 20.3 Å². The van der Waals surface area contributed by atoms with Crippen LogP contribution in [0.25, 0.3) is 0 Å². The van der Waals surface area contributed by atoms with Gasteiger partial charge in [0.2, 0.25) is 0 Å². The zero-order valence-electron chi connectivity index (χ0n) is 8.21. The molecule has 0 bridgehead atoms. The molecule has 0 amide bonds. The van der Waals surface area contributed by atoms with Gasteiger partial charge in [0.1, 0.15) is 6.61 Å². The van der Waals surface area contributed by atoms with Gasteiger partial charge in [0.25, 0.3) is 0 Å². The van der Waals surface area contributed by atoms with E-state index in [9.17, 15) is 4.79 Å². The fraction of sp³-hybridized carbons (Fsp3) is 0.778. The van der Waals surface area contributed by atoms with Crippen LogP contribution in [0.4, 0.5) is 4.79 Å². The van der Waals surface area contributed by atoms with E-state index in [1.165, 1.54) is 0 Å². The van der Waals surface area contributed by atoms with Gasteiger partial charge >= 0.3 is 6.16 Å². The molecule has 0 aromatic carbocycles. The van der Waals surface area contributed by atoms with Crippen molar-refractivity contribution in [2.45, 2.75) is 20.3 Å². The van der Waals surface area contributed by atoms with Crippen LogP contribution in [-0.2, 0) is 9.47 Å². The van der Waals surface area contributed by atoms with Crippen molar-refractivity contribution in [3.63, 3.8) is 0 Å². The molecule has 0 atom stereocenters. The number of hydrogen-bond donors (Lipinski definition) is 1. The lowest BCUT2D eigenvalue weighted by Crippen LogP contribution is -2.25. The molecule has 0 unspecified atom stereocenters. The third kappa shape index (κ3) is 6.40. The molecule has 13 heavy (non-hydrogen) atoms. The molecule has 0 fully saturated rings. The zero-order valence-corrected chi connectivity index (χ0v) is 8.21. The van der Waals surface area contributed by atoms with Gasteiger partial charge in [-0.15, -0.1) is 0 Å². The first-order chi connectivity index (χ1) is 6.02. The maximum atomic E-state index is 10.8. The van der Waals surface area contributed by atoms with E-state index in [0.29, 0.717) is 6.42 Å². The van der Waals surface area contributed by atoms with Crippen molar-refractivity contribution in [1.29, 1.82) is 0 Å². The van der Waals surface area contributed by atoms with Crippen molar-refractivity contribution < 1.29 is 19.4 Å². The average molecular weight is 189 g/mol. The normalized spacial score (nSPS) is 11.1. The Balaban J connectivity index is 3.57. The van der Waals surface area contributed by atoms with Gasteiger partial charge in [0.05, 0.1) is 13.2 Å². The fourth-order valence-corrected chi connectivity index (χ4v) is 0.497. The Labute approximate surface area is 78.8 Å². The van der Waals surface area contributed by atoms with Gasteiger partial charge in [-0.2, -0.15) is 0 Å². The number of aliphatic hydroxyl groups excluding tert-OH is 1. The van der Waals surface area contributed by atoms with Crippen molar-refractivity contribution in [1.82, 2.24) is 0 Å². The highest BCUT2D eigenvalue weighted by atomic mass is 16.7. The summed E-state index contributed by atoms with van der Waals surface area (Å²) in [4.78, 5) is 10.8. The van der Waals surface area contributed by atoms with E-state index in [0.717, 1.165) is 0 Å². The number of hydrogen-bond acceptors (Lipinski definition) is 4. The summed E-state index contributed by atoms with van der Waals surface area (Å²) in [6.07, 6.45) is -0.177. The summed E-state index contributed by atoms with van der Waals surface area (Å²) in [5.74, 6) is 0. The van der Waals surface area contributed by atoms with Crippen molar-refractivity contribution in [3.8, 4) is 0 Å². The minimum atomic E-state index is -0.704. The second-order valence-corrected chi connectivity index (χ2v) is 3.56. The highest BCUT2D eigenvalue weighted by molar-refractivity contribution is 5.59. The maximum absolute atomic E-state index is 10.8. The standard InChI is InChI=1S/C9H17O4/c1-4-5-12-8(11)13-7-9(2,3)6-10/h10H,1,4-7H2,2-3H3. The predicted molar refractivity (Wildman–Crippen MR) is 48.1 cm³/mol. The molecule has 0 spiro atoms. The van der Waals surface area contributed by atoms with Crippen LogP contribution in [0.2, 0.25) is 0 Å². The monoisotopic (exact) mass is 189 g/mol. The number of aliphatic hydroxyl groups is 1. The highest BCUT2D eigenvalue weighted by Crippen LogP contribution is 2.13. The molecule has 1 N–H and O–H groups in total. The average Bonchev–Trinajstić information content (AvgIpc) is 2.11. The van der Waals surface area contributed by atoms with E-state index in [2.05, 4.69) is 11.7 Å². The number of carbonyl (C=O) groups excluding carboxylic acids is 1. The van der Waals surface area contributed by atoms with E-state index in [-0.39, 0.29) is 19.8 Å². The summed E-state index contributed by atoms with van der Waals surface area (Å²) in [7, 11) is 0. The molecule has 4 nitrogen and oxygen atoms in total. The molecule has 0 aliphatic heterocycles. The smallest absolute Gasteiger partial charge is 0.434 e. The molecule has 1 radical (unpaired) electrons. The lowest BCUT2D eigenvalue weighted by Gasteiger charge is -2.20. The topological polar surface area (TPSA) is 55.8 Å². The highest BCUT2D eigenvalue weighted by Gasteiger charge is 2.19. The van der Waals surface area contributed by atoms with E-state index in [1.54, 1.807) is 13.8 Å². The third-order valence-corrected chi connectivity index (χ3v) is 1.37. The summed E-state index contributed by atoms with van der Waals surface area (Å²) in [6.45, 7) is 7.48. The number of ether oxygens (including phenoxy) is 2. The summed E-state index contributed by atoms with van der Waals surface area (Å²) in [5, 5.41) is 8.84. The Bertz CT molecular complexity index is 154.